The van der Waals surface area contributed by atoms with Gasteiger partial charge in [-0.05, 0) is 18.4 Å². The summed E-state index contributed by atoms with van der Waals surface area (Å²) in [5.74, 6) is 0. The number of carbonyl (C=O) groups excluding carboxylic acids is 1. The van der Waals surface area contributed by atoms with E-state index in [1.54, 1.807) is 4.68 Å². The summed E-state index contributed by atoms with van der Waals surface area (Å²) in [5.41, 5.74) is 1.18. The third-order valence-corrected chi connectivity index (χ3v) is 2.60. The Labute approximate surface area is 89.1 Å². The van der Waals surface area contributed by atoms with Gasteiger partial charge in [-0.3, -0.25) is 4.68 Å². The fourth-order valence-electron chi connectivity index (χ4n) is 1.76. The maximum Gasteiger partial charge on any atom is 0.317 e. The molecular weight excluding hydrogens is 192 g/mol. The number of urea groups is 1. The molecule has 5 nitrogen and oxygen atoms in total. The molecule has 1 aliphatic rings. The Morgan fingerprint density at radius 1 is 1.60 bits per heavy atom. The molecule has 1 fully saturated rings. The van der Waals surface area contributed by atoms with E-state index in [1.807, 2.05) is 24.3 Å². The molecule has 82 valence electrons. The van der Waals surface area contributed by atoms with Crippen LogP contribution in [0.4, 0.5) is 4.79 Å². The second-order valence-electron chi connectivity index (χ2n) is 3.84. The molecule has 2 rings (SSSR count). The fourth-order valence-corrected chi connectivity index (χ4v) is 1.76. The maximum absolute atomic E-state index is 11.4. The summed E-state index contributed by atoms with van der Waals surface area (Å²) in [6.07, 6.45) is 5.75. The molecule has 0 aliphatic carbocycles. The molecule has 1 N–H and O–H groups in total. The van der Waals surface area contributed by atoms with Crippen molar-refractivity contribution in [1.82, 2.24) is 20.0 Å². The zero-order valence-electron chi connectivity index (χ0n) is 8.94. The molecule has 1 aromatic rings. The van der Waals surface area contributed by atoms with E-state index in [9.17, 15) is 4.79 Å². The Kier molecular flexibility index (Phi) is 2.89. The van der Waals surface area contributed by atoms with Gasteiger partial charge >= 0.3 is 6.03 Å². The number of amides is 2. The average Bonchev–Trinajstić information content (AvgIpc) is 2.63. The monoisotopic (exact) mass is 208 g/mol. The molecule has 0 saturated carbocycles. The van der Waals surface area contributed by atoms with Crippen LogP contribution < -0.4 is 5.32 Å². The van der Waals surface area contributed by atoms with Gasteiger partial charge in [0.1, 0.15) is 0 Å². The minimum atomic E-state index is 0.0603. The van der Waals surface area contributed by atoms with Gasteiger partial charge in [0, 0.05) is 32.9 Å². The fraction of sp³-hybridized carbons (Fsp3) is 0.600. The van der Waals surface area contributed by atoms with Gasteiger partial charge in [0.2, 0.25) is 0 Å². The average molecular weight is 208 g/mol. The SMILES string of the molecule is Cn1cc(CCN2CCCNC2=O)cn1. The summed E-state index contributed by atoms with van der Waals surface area (Å²) in [6, 6.07) is 0.0603. The van der Waals surface area contributed by atoms with Crippen molar-refractivity contribution in [1.29, 1.82) is 0 Å². The van der Waals surface area contributed by atoms with Gasteiger partial charge in [-0.25, -0.2) is 4.79 Å². The van der Waals surface area contributed by atoms with E-state index in [4.69, 9.17) is 0 Å². The van der Waals surface area contributed by atoms with E-state index in [2.05, 4.69) is 10.4 Å². The predicted octanol–water partition coefficient (Wildman–Crippen LogP) is 0.378. The third-order valence-electron chi connectivity index (χ3n) is 2.60. The first-order chi connectivity index (χ1) is 7.25. The van der Waals surface area contributed by atoms with Crippen molar-refractivity contribution in [3.05, 3.63) is 18.0 Å². The highest BCUT2D eigenvalue weighted by molar-refractivity contribution is 5.74. The molecule has 0 bridgehead atoms. The largest absolute Gasteiger partial charge is 0.338 e. The second-order valence-corrected chi connectivity index (χ2v) is 3.84. The van der Waals surface area contributed by atoms with E-state index >= 15 is 0 Å². The van der Waals surface area contributed by atoms with Gasteiger partial charge in [-0.2, -0.15) is 5.10 Å². The van der Waals surface area contributed by atoms with Crippen LogP contribution in [0.15, 0.2) is 12.4 Å². The number of aryl methyl sites for hydroxylation is 1. The van der Waals surface area contributed by atoms with Crippen molar-refractivity contribution in [2.24, 2.45) is 7.05 Å². The summed E-state index contributed by atoms with van der Waals surface area (Å²) < 4.78 is 1.78. The molecule has 0 aromatic carbocycles. The quantitative estimate of drug-likeness (QED) is 0.780. The number of rotatable bonds is 3. The van der Waals surface area contributed by atoms with E-state index in [-0.39, 0.29) is 6.03 Å². The van der Waals surface area contributed by atoms with Gasteiger partial charge in [-0.15, -0.1) is 0 Å². The van der Waals surface area contributed by atoms with E-state index < -0.39 is 0 Å². The van der Waals surface area contributed by atoms with Crippen molar-refractivity contribution in [3.63, 3.8) is 0 Å². The molecule has 0 unspecified atom stereocenters. The Bertz CT molecular complexity index is 347. The number of hydrogen-bond acceptors (Lipinski definition) is 2. The summed E-state index contributed by atoms with van der Waals surface area (Å²) in [7, 11) is 1.90. The van der Waals surface area contributed by atoms with Crippen molar-refractivity contribution in [3.8, 4) is 0 Å². The highest BCUT2D eigenvalue weighted by Crippen LogP contribution is 2.03. The first-order valence-electron chi connectivity index (χ1n) is 5.26. The second kappa shape index (κ2) is 4.33. The van der Waals surface area contributed by atoms with E-state index in [0.29, 0.717) is 0 Å². The molecule has 15 heavy (non-hydrogen) atoms. The lowest BCUT2D eigenvalue weighted by molar-refractivity contribution is 0.187. The minimum Gasteiger partial charge on any atom is -0.338 e. The normalized spacial score (nSPS) is 16.6. The molecule has 5 heteroatoms. The summed E-state index contributed by atoms with van der Waals surface area (Å²) in [6.45, 7) is 2.45. The molecular formula is C10H16N4O. The molecule has 1 saturated heterocycles. The number of carbonyl (C=O) groups is 1. The molecule has 1 aliphatic heterocycles. The Morgan fingerprint density at radius 2 is 2.47 bits per heavy atom. The molecule has 2 heterocycles. The lowest BCUT2D eigenvalue weighted by atomic mass is 10.2. The molecule has 0 spiro atoms. The zero-order valence-corrected chi connectivity index (χ0v) is 8.94. The van der Waals surface area contributed by atoms with Crippen LogP contribution in [0.1, 0.15) is 12.0 Å². The molecule has 0 radical (unpaired) electrons. The number of aromatic nitrogens is 2. The van der Waals surface area contributed by atoms with Crippen LogP contribution in [0.3, 0.4) is 0 Å². The Morgan fingerprint density at radius 3 is 3.13 bits per heavy atom. The number of hydrogen-bond donors (Lipinski definition) is 1. The molecule has 2 amide bonds. The van der Waals surface area contributed by atoms with Crippen LogP contribution in [0, 0.1) is 0 Å². The Balaban J connectivity index is 1.84. The lowest BCUT2D eigenvalue weighted by Gasteiger charge is -2.27. The van der Waals surface area contributed by atoms with Gasteiger partial charge in [-0.1, -0.05) is 0 Å². The van der Waals surface area contributed by atoms with Gasteiger partial charge in [0.15, 0.2) is 0 Å². The van der Waals surface area contributed by atoms with Gasteiger partial charge in [0.25, 0.3) is 0 Å². The molecule has 1 aromatic heterocycles. The minimum absolute atomic E-state index is 0.0603. The van der Waals surface area contributed by atoms with E-state index in [0.717, 1.165) is 32.5 Å². The highest BCUT2D eigenvalue weighted by Gasteiger charge is 2.16. The lowest BCUT2D eigenvalue weighted by Crippen LogP contribution is -2.47. The topological polar surface area (TPSA) is 50.2 Å². The molecule has 0 atom stereocenters. The summed E-state index contributed by atoms with van der Waals surface area (Å²) >= 11 is 0. The highest BCUT2D eigenvalue weighted by atomic mass is 16.2. The first kappa shape index (κ1) is 10.0. The van der Waals surface area contributed by atoms with Crippen LogP contribution in [0.2, 0.25) is 0 Å². The Hall–Kier alpha value is -1.52. The number of nitrogens with zero attached hydrogens (tertiary/aromatic N) is 3. The van der Waals surface area contributed by atoms with Crippen molar-refractivity contribution in [2.75, 3.05) is 19.6 Å². The van der Waals surface area contributed by atoms with Crippen LogP contribution in [0.5, 0.6) is 0 Å². The van der Waals surface area contributed by atoms with Crippen LogP contribution in [0.25, 0.3) is 0 Å². The number of nitrogens with one attached hydrogen (secondary N) is 1. The smallest absolute Gasteiger partial charge is 0.317 e. The predicted molar refractivity (Wildman–Crippen MR) is 56.5 cm³/mol. The standard InChI is InChI=1S/C10H16N4O/c1-13-8-9(7-12-13)3-6-14-5-2-4-11-10(14)15/h7-8H,2-6H2,1H3,(H,11,15). The summed E-state index contributed by atoms with van der Waals surface area (Å²) in [5, 5.41) is 6.94. The van der Waals surface area contributed by atoms with Crippen LogP contribution in [-0.2, 0) is 13.5 Å². The third kappa shape index (κ3) is 2.49. The van der Waals surface area contributed by atoms with Gasteiger partial charge in [0.05, 0.1) is 6.20 Å². The van der Waals surface area contributed by atoms with Crippen molar-refractivity contribution < 1.29 is 4.79 Å². The maximum atomic E-state index is 11.4. The van der Waals surface area contributed by atoms with Crippen molar-refractivity contribution >= 4 is 6.03 Å². The zero-order chi connectivity index (χ0) is 10.7. The van der Waals surface area contributed by atoms with Crippen LogP contribution in [-0.4, -0.2) is 40.3 Å². The van der Waals surface area contributed by atoms with E-state index in [1.165, 1.54) is 5.56 Å². The van der Waals surface area contributed by atoms with Crippen molar-refractivity contribution in [2.45, 2.75) is 12.8 Å². The van der Waals surface area contributed by atoms with Gasteiger partial charge < -0.3 is 10.2 Å². The summed E-state index contributed by atoms with van der Waals surface area (Å²) in [4.78, 5) is 13.3. The van der Waals surface area contributed by atoms with Crippen LogP contribution >= 0.6 is 0 Å². The first-order valence-corrected chi connectivity index (χ1v) is 5.26.